The van der Waals surface area contributed by atoms with Crippen LogP contribution in [0.15, 0.2) is 24.8 Å². The number of rotatable bonds is 21. The number of amides is 1. The number of aliphatic hydroxyl groups excluding tert-OH is 3. The molecule has 35 heavy (non-hydrogen) atoms. The number of allylic oxidation sites excluding steroid dienone is 1. The Balaban J connectivity index is 2.44. The normalized spacial score (nSPS) is 18.7. The quantitative estimate of drug-likeness (QED) is 0.109. The number of methoxy groups -OCH3 is 1. The minimum absolute atomic E-state index is 0.000498. The second-order valence-corrected chi connectivity index (χ2v) is 9.93. The van der Waals surface area contributed by atoms with Crippen molar-refractivity contribution < 1.29 is 34.4 Å². The van der Waals surface area contributed by atoms with E-state index in [2.05, 4.69) is 18.5 Å². The van der Waals surface area contributed by atoms with E-state index >= 15 is 0 Å². The molecule has 0 spiro atoms. The first kappa shape index (κ1) is 31.4. The van der Waals surface area contributed by atoms with Crippen LogP contribution in [-0.2, 0) is 19.1 Å². The smallest absolute Gasteiger partial charge is 0.250 e. The fourth-order valence-corrected chi connectivity index (χ4v) is 4.29. The van der Waals surface area contributed by atoms with Gasteiger partial charge in [0, 0.05) is 25.9 Å². The van der Waals surface area contributed by atoms with Gasteiger partial charge in [-0.05, 0) is 70.1 Å². The van der Waals surface area contributed by atoms with Crippen LogP contribution in [0.25, 0.3) is 0 Å². The zero-order valence-corrected chi connectivity index (χ0v) is 21.8. The highest BCUT2D eigenvalue weighted by Crippen LogP contribution is 2.53. The summed E-state index contributed by atoms with van der Waals surface area (Å²) in [4.78, 5) is 24.6. The largest absolute Gasteiger partial charge is 0.392 e. The highest BCUT2D eigenvalue weighted by Gasteiger charge is 2.48. The van der Waals surface area contributed by atoms with Gasteiger partial charge in [-0.1, -0.05) is 25.2 Å². The number of carbonyl (C=O) groups is 2. The van der Waals surface area contributed by atoms with E-state index in [1.54, 1.807) is 13.2 Å². The van der Waals surface area contributed by atoms with Crippen LogP contribution in [0.5, 0.6) is 0 Å². The SMILES string of the molecule is C=CCCCC(=O)C[C@@H](O)C1(CCC[C@@H](NC(=O)[C@@H](O)CCC(=C)[C@@H](C)[C@@H](C)OC)OCO)CC1. The van der Waals surface area contributed by atoms with E-state index in [0.717, 1.165) is 31.3 Å². The van der Waals surface area contributed by atoms with E-state index in [9.17, 15) is 24.9 Å². The number of ether oxygens (including phenoxy) is 2. The van der Waals surface area contributed by atoms with E-state index in [-0.39, 0.29) is 36.1 Å². The molecular formula is C27H47NO7. The highest BCUT2D eigenvalue weighted by atomic mass is 16.6. The Kier molecular flexibility index (Phi) is 14.6. The van der Waals surface area contributed by atoms with Crippen molar-refractivity contribution in [2.24, 2.45) is 11.3 Å². The lowest BCUT2D eigenvalue weighted by atomic mass is 9.88. The zero-order chi connectivity index (χ0) is 26.4. The monoisotopic (exact) mass is 497 g/mol. The topological polar surface area (TPSA) is 125 Å². The molecule has 1 amide bonds. The molecule has 0 aromatic carbocycles. The van der Waals surface area contributed by atoms with Crippen molar-refractivity contribution >= 4 is 11.7 Å². The van der Waals surface area contributed by atoms with Gasteiger partial charge in [0.15, 0.2) is 0 Å². The lowest BCUT2D eigenvalue weighted by Crippen LogP contribution is -2.43. The molecule has 1 rings (SSSR count). The maximum absolute atomic E-state index is 12.4. The molecule has 1 fully saturated rings. The fraction of sp³-hybridized carbons (Fsp3) is 0.778. The molecular weight excluding hydrogens is 450 g/mol. The second kappa shape index (κ2) is 16.2. The van der Waals surface area contributed by atoms with E-state index in [4.69, 9.17) is 9.47 Å². The van der Waals surface area contributed by atoms with E-state index in [0.29, 0.717) is 32.1 Å². The van der Waals surface area contributed by atoms with Crippen molar-refractivity contribution in [3.05, 3.63) is 24.8 Å². The third-order valence-corrected chi connectivity index (χ3v) is 7.37. The van der Waals surface area contributed by atoms with Crippen molar-refractivity contribution in [1.29, 1.82) is 0 Å². The van der Waals surface area contributed by atoms with Gasteiger partial charge in [-0.2, -0.15) is 0 Å². The summed E-state index contributed by atoms with van der Waals surface area (Å²) in [5.41, 5.74) is 0.652. The van der Waals surface area contributed by atoms with E-state index in [1.807, 2.05) is 13.8 Å². The number of carbonyl (C=O) groups excluding carboxylic acids is 2. The van der Waals surface area contributed by atoms with Gasteiger partial charge in [-0.3, -0.25) is 9.59 Å². The van der Waals surface area contributed by atoms with Crippen molar-refractivity contribution in [2.75, 3.05) is 13.9 Å². The van der Waals surface area contributed by atoms with E-state index in [1.165, 1.54) is 0 Å². The number of Topliss-reactive ketones (excluding diaryl/α,β-unsaturated/α-hetero) is 1. The van der Waals surface area contributed by atoms with Gasteiger partial charge in [0.1, 0.15) is 24.9 Å². The van der Waals surface area contributed by atoms with Gasteiger partial charge >= 0.3 is 0 Å². The molecule has 0 bridgehead atoms. The minimum atomic E-state index is -1.22. The average Bonchev–Trinajstić information content (AvgIpc) is 3.62. The Hall–Kier alpha value is -1.58. The van der Waals surface area contributed by atoms with Crippen molar-refractivity contribution in [3.63, 3.8) is 0 Å². The molecule has 0 aliphatic heterocycles. The van der Waals surface area contributed by atoms with Gasteiger partial charge in [-0.15, -0.1) is 6.58 Å². The Morgan fingerprint density at radius 2 is 1.83 bits per heavy atom. The number of nitrogens with one attached hydrogen (secondary N) is 1. The molecule has 0 unspecified atom stereocenters. The third-order valence-electron chi connectivity index (χ3n) is 7.37. The standard InChI is InChI=1S/C27H47NO7/c1-6-7-8-10-22(30)17-24(32)27(15-16-27)14-9-11-25(35-18-29)28-26(33)23(31)13-12-19(2)20(3)21(4)34-5/h6,20-21,23-25,29,31-32H,1-2,7-18H2,3-5H3,(H,28,33)/t20-,21-,23+,24-,25+/m1/s1. The van der Waals surface area contributed by atoms with Crippen molar-refractivity contribution in [1.82, 2.24) is 5.32 Å². The molecule has 1 aliphatic carbocycles. The third kappa shape index (κ3) is 11.3. The number of ketones is 1. The number of aliphatic hydroxyl groups is 3. The van der Waals surface area contributed by atoms with Gasteiger partial charge < -0.3 is 30.1 Å². The van der Waals surface area contributed by atoms with Gasteiger partial charge in [-0.25, -0.2) is 0 Å². The molecule has 8 heteroatoms. The lowest BCUT2D eigenvalue weighted by molar-refractivity contribution is -0.138. The summed E-state index contributed by atoms with van der Waals surface area (Å²) >= 11 is 0. The molecule has 202 valence electrons. The molecule has 0 heterocycles. The minimum Gasteiger partial charge on any atom is -0.392 e. The van der Waals surface area contributed by atoms with Crippen LogP contribution >= 0.6 is 0 Å². The van der Waals surface area contributed by atoms with Crippen molar-refractivity contribution in [2.45, 2.75) is 109 Å². The molecule has 8 nitrogen and oxygen atoms in total. The summed E-state index contributed by atoms with van der Waals surface area (Å²) in [5, 5.41) is 32.8. The second-order valence-electron chi connectivity index (χ2n) is 9.93. The van der Waals surface area contributed by atoms with Gasteiger partial charge in [0.25, 0.3) is 5.91 Å². The number of hydrogen-bond acceptors (Lipinski definition) is 7. The molecule has 0 aromatic heterocycles. The van der Waals surface area contributed by atoms with Gasteiger partial charge in [0.05, 0.1) is 12.2 Å². The number of hydrogen-bond donors (Lipinski definition) is 4. The number of unbranched alkanes of at least 4 members (excludes halogenated alkanes) is 1. The highest BCUT2D eigenvalue weighted by molar-refractivity contribution is 5.80. The Bertz CT molecular complexity index is 676. The zero-order valence-electron chi connectivity index (χ0n) is 21.8. The predicted octanol–water partition coefficient (Wildman–Crippen LogP) is 3.39. The van der Waals surface area contributed by atoms with Crippen LogP contribution in [0, 0.1) is 11.3 Å². The summed E-state index contributed by atoms with van der Waals surface area (Å²) < 4.78 is 10.5. The Morgan fingerprint density at radius 3 is 2.40 bits per heavy atom. The van der Waals surface area contributed by atoms with Gasteiger partial charge in [0.2, 0.25) is 0 Å². The van der Waals surface area contributed by atoms with Crippen molar-refractivity contribution in [3.8, 4) is 0 Å². The molecule has 0 radical (unpaired) electrons. The first-order chi connectivity index (χ1) is 16.6. The Morgan fingerprint density at radius 1 is 1.14 bits per heavy atom. The summed E-state index contributed by atoms with van der Waals surface area (Å²) in [7, 11) is 1.63. The molecule has 1 saturated carbocycles. The van der Waals surface area contributed by atoms with E-state index < -0.39 is 31.1 Å². The fourth-order valence-electron chi connectivity index (χ4n) is 4.29. The molecule has 0 saturated heterocycles. The summed E-state index contributed by atoms with van der Waals surface area (Å²) in [6.07, 6.45) is 5.57. The maximum Gasteiger partial charge on any atom is 0.250 e. The summed E-state index contributed by atoms with van der Waals surface area (Å²) in [6.45, 7) is 11.1. The summed E-state index contributed by atoms with van der Waals surface area (Å²) in [6, 6.07) is 0. The molecule has 1 aliphatic rings. The van der Waals surface area contributed by atoms with Crippen LogP contribution in [0.2, 0.25) is 0 Å². The van der Waals surface area contributed by atoms with Crippen LogP contribution in [-0.4, -0.2) is 65.5 Å². The van der Waals surface area contributed by atoms with Crippen LogP contribution in [0.3, 0.4) is 0 Å². The first-order valence-electron chi connectivity index (χ1n) is 12.8. The average molecular weight is 498 g/mol. The van der Waals surface area contributed by atoms with Crippen LogP contribution in [0.1, 0.15) is 84.5 Å². The Labute approximate surface area is 210 Å². The first-order valence-corrected chi connectivity index (χ1v) is 12.8. The van der Waals surface area contributed by atoms with Crippen LogP contribution in [0.4, 0.5) is 0 Å². The summed E-state index contributed by atoms with van der Waals surface area (Å²) in [5.74, 6) is -0.384. The molecule has 4 N–H and O–H groups in total. The van der Waals surface area contributed by atoms with Crippen LogP contribution < -0.4 is 5.32 Å². The molecule has 5 atom stereocenters. The predicted molar refractivity (Wildman–Crippen MR) is 135 cm³/mol. The molecule has 0 aromatic rings. The lowest BCUT2D eigenvalue weighted by Gasteiger charge is -2.24. The maximum atomic E-state index is 12.4.